The van der Waals surface area contributed by atoms with Crippen molar-refractivity contribution in [3.63, 3.8) is 0 Å². The molecular formula is C17H21NO3S. The highest BCUT2D eigenvalue weighted by atomic mass is 32.2. The highest BCUT2D eigenvalue weighted by molar-refractivity contribution is 7.89. The Morgan fingerprint density at radius 3 is 1.91 bits per heavy atom. The van der Waals surface area contributed by atoms with Crippen molar-refractivity contribution in [2.24, 2.45) is 0 Å². The molecule has 0 bridgehead atoms. The maximum Gasteiger partial charge on any atom is 0.243 e. The molecule has 0 amide bonds. The molecule has 22 heavy (non-hydrogen) atoms. The van der Waals surface area contributed by atoms with E-state index in [2.05, 4.69) is 0 Å². The molecule has 0 aromatic heterocycles. The number of hydrogen-bond acceptors (Lipinski definition) is 3. The lowest BCUT2D eigenvalue weighted by Crippen LogP contribution is -2.30. The summed E-state index contributed by atoms with van der Waals surface area (Å²) in [5.74, 6) is 0. The molecule has 1 atom stereocenters. The number of benzene rings is 2. The van der Waals surface area contributed by atoms with Gasteiger partial charge in [0.05, 0.1) is 4.90 Å². The Labute approximate surface area is 132 Å². The molecule has 2 aromatic rings. The van der Waals surface area contributed by atoms with Crippen LogP contribution in [0, 0.1) is 0 Å². The van der Waals surface area contributed by atoms with Crippen molar-refractivity contribution in [1.29, 1.82) is 0 Å². The number of nitrogens with zero attached hydrogens (tertiary/aromatic N) is 1. The van der Waals surface area contributed by atoms with E-state index in [1.165, 1.54) is 4.31 Å². The first-order valence-electron chi connectivity index (χ1n) is 7.33. The van der Waals surface area contributed by atoms with Gasteiger partial charge in [0.25, 0.3) is 0 Å². The highest BCUT2D eigenvalue weighted by Gasteiger charge is 2.21. The van der Waals surface area contributed by atoms with E-state index in [0.717, 1.165) is 5.56 Å². The first kappa shape index (κ1) is 16.7. The van der Waals surface area contributed by atoms with Crippen LogP contribution >= 0.6 is 0 Å². The van der Waals surface area contributed by atoms with Gasteiger partial charge >= 0.3 is 0 Å². The summed E-state index contributed by atoms with van der Waals surface area (Å²) in [7, 11) is -3.46. The van der Waals surface area contributed by atoms with E-state index >= 15 is 0 Å². The SMILES string of the molecule is CCN(CC)S(=O)(=O)c1ccc(C(O)c2ccccc2)cc1. The van der Waals surface area contributed by atoms with E-state index in [1.807, 2.05) is 44.2 Å². The van der Waals surface area contributed by atoms with E-state index in [0.29, 0.717) is 18.7 Å². The average Bonchev–Trinajstić information content (AvgIpc) is 2.56. The van der Waals surface area contributed by atoms with Crippen LogP contribution in [0.25, 0.3) is 0 Å². The minimum absolute atomic E-state index is 0.250. The minimum atomic E-state index is -3.46. The van der Waals surface area contributed by atoms with Crippen LogP contribution in [0.1, 0.15) is 31.1 Å². The molecule has 2 rings (SSSR count). The number of hydrogen-bond donors (Lipinski definition) is 1. The normalized spacial score (nSPS) is 13.3. The third-order valence-corrected chi connectivity index (χ3v) is 5.72. The fourth-order valence-corrected chi connectivity index (χ4v) is 3.82. The molecule has 2 aromatic carbocycles. The van der Waals surface area contributed by atoms with Crippen molar-refractivity contribution in [3.8, 4) is 0 Å². The maximum absolute atomic E-state index is 12.4. The quantitative estimate of drug-likeness (QED) is 0.891. The zero-order valence-corrected chi connectivity index (χ0v) is 13.6. The first-order valence-corrected chi connectivity index (χ1v) is 8.77. The molecule has 4 nitrogen and oxygen atoms in total. The molecule has 0 spiro atoms. The summed E-state index contributed by atoms with van der Waals surface area (Å²) in [4.78, 5) is 0.250. The van der Waals surface area contributed by atoms with Crippen molar-refractivity contribution in [1.82, 2.24) is 4.31 Å². The lowest BCUT2D eigenvalue weighted by molar-refractivity contribution is 0.220. The second kappa shape index (κ2) is 7.05. The smallest absolute Gasteiger partial charge is 0.243 e. The molecule has 1 unspecified atom stereocenters. The van der Waals surface area contributed by atoms with Gasteiger partial charge in [-0.3, -0.25) is 0 Å². The minimum Gasteiger partial charge on any atom is -0.384 e. The molecule has 0 heterocycles. The predicted octanol–water partition coefficient (Wildman–Crippen LogP) is 2.80. The third-order valence-electron chi connectivity index (χ3n) is 3.65. The van der Waals surface area contributed by atoms with E-state index in [4.69, 9.17) is 0 Å². The molecule has 0 saturated carbocycles. The summed E-state index contributed by atoms with van der Waals surface area (Å²) in [6, 6.07) is 15.7. The topological polar surface area (TPSA) is 57.6 Å². The molecule has 0 aliphatic carbocycles. The molecule has 0 aliphatic heterocycles. The van der Waals surface area contributed by atoms with Crippen LogP contribution in [0.3, 0.4) is 0 Å². The van der Waals surface area contributed by atoms with Gasteiger partial charge in [-0.05, 0) is 23.3 Å². The van der Waals surface area contributed by atoms with Crippen molar-refractivity contribution in [3.05, 3.63) is 65.7 Å². The lowest BCUT2D eigenvalue weighted by Gasteiger charge is -2.19. The van der Waals surface area contributed by atoms with Crippen LogP contribution in [-0.4, -0.2) is 30.9 Å². The second-order valence-corrected chi connectivity index (χ2v) is 6.91. The Hall–Kier alpha value is -1.69. The highest BCUT2D eigenvalue weighted by Crippen LogP contribution is 2.24. The third kappa shape index (κ3) is 3.38. The Bertz CT molecular complexity index is 692. The molecule has 0 radical (unpaired) electrons. The standard InChI is InChI=1S/C17H21NO3S/c1-3-18(4-2)22(20,21)16-12-10-15(11-13-16)17(19)14-8-6-5-7-9-14/h5-13,17,19H,3-4H2,1-2H3. The second-order valence-electron chi connectivity index (χ2n) is 4.97. The van der Waals surface area contributed by atoms with E-state index in [1.54, 1.807) is 24.3 Å². The van der Waals surface area contributed by atoms with Gasteiger partial charge in [0.2, 0.25) is 10.0 Å². The van der Waals surface area contributed by atoms with Gasteiger partial charge in [-0.25, -0.2) is 8.42 Å². The first-order chi connectivity index (χ1) is 10.5. The van der Waals surface area contributed by atoms with Crippen LogP contribution < -0.4 is 0 Å². The summed E-state index contributed by atoms with van der Waals surface area (Å²) < 4.78 is 26.2. The van der Waals surface area contributed by atoms with Crippen molar-refractivity contribution < 1.29 is 13.5 Å². The van der Waals surface area contributed by atoms with Gasteiger partial charge in [0, 0.05) is 13.1 Å². The molecule has 1 N–H and O–H groups in total. The summed E-state index contributed by atoms with van der Waals surface area (Å²) >= 11 is 0. The molecule has 5 heteroatoms. The van der Waals surface area contributed by atoms with Gasteiger partial charge < -0.3 is 5.11 Å². The van der Waals surface area contributed by atoms with Gasteiger partial charge in [-0.1, -0.05) is 56.3 Å². The van der Waals surface area contributed by atoms with Crippen molar-refractivity contribution in [2.75, 3.05) is 13.1 Å². The Morgan fingerprint density at radius 1 is 0.909 bits per heavy atom. The maximum atomic E-state index is 12.4. The predicted molar refractivity (Wildman–Crippen MR) is 87.1 cm³/mol. The summed E-state index contributed by atoms with van der Waals surface area (Å²) in [6.45, 7) is 4.50. The summed E-state index contributed by atoms with van der Waals surface area (Å²) in [6.07, 6.45) is -0.758. The molecular weight excluding hydrogens is 298 g/mol. The Balaban J connectivity index is 2.28. The fraction of sp³-hybridized carbons (Fsp3) is 0.294. The van der Waals surface area contributed by atoms with Crippen LogP contribution in [-0.2, 0) is 10.0 Å². The molecule has 0 saturated heterocycles. The van der Waals surface area contributed by atoms with Crippen LogP contribution in [0.15, 0.2) is 59.5 Å². The van der Waals surface area contributed by atoms with E-state index < -0.39 is 16.1 Å². The van der Waals surface area contributed by atoms with Crippen LogP contribution in [0.4, 0.5) is 0 Å². The zero-order valence-electron chi connectivity index (χ0n) is 12.8. The zero-order chi connectivity index (χ0) is 16.2. The number of sulfonamides is 1. The molecule has 118 valence electrons. The van der Waals surface area contributed by atoms with Crippen molar-refractivity contribution >= 4 is 10.0 Å². The Morgan fingerprint density at radius 2 is 1.41 bits per heavy atom. The fourth-order valence-electron chi connectivity index (χ4n) is 2.36. The summed E-state index contributed by atoms with van der Waals surface area (Å²) in [5.41, 5.74) is 1.45. The van der Waals surface area contributed by atoms with E-state index in [-0.39, 0.29) is 4.90 Å². The van der Waals surface area contributed by atoms with Crippen molar-refractivity contribution in [2.45, 2.75) is 24.8 Å². The number of rotatable bonds is 6. The van der Waals surface area contributed by atoms with E-state index in [9.17, 15) is 13.5 Å². The largest absolute Gasteiger partial charge is 0.384 e. The monoisotopic (exact) mass is 319 g/mol. The lowest BCUT2D eigenvalue weighted by atomic mass is 10.0. The molecule has 0 fully saturated rings. The van der Waals surface area contributed by atoms with Gasteiger partial charge in [0.1, 0.15) is 6.10 Å². The van der Waals surface area contributed by atoms with Gasteiger partial charge in [-0.2, -0.15) is 4.31 Å². The Kier molecular flexibility index (Phi) is 5.34. The summed E-state index contributed by atoms with van der Waals surface area (Å²) in [5, 5.41) is 10.3. The average molecular weight is 319 g/mol. The van der Waals surface area contributed by atoms with Crippen LogP contribution in [0.5, 0.6) is 0 Å². The number of aliphatic hydroxyl groups is 1. The van der Waals surface area contributed by atoms with Gasteiger partial charge in [0.15, 0.2) is 0 Å². The van der Waals surface area contributed by atoms with Gasteiger partial charge in [-0.15, -0.1) is 0 Å². The number of aliphatic hydroxyl groups excluding tert-OH is 1. The van der Waals surface area contributed by atoms with Crippen LogP contribution in [0.2, 0.25) is 0 Å². The molecule has 0 aliphatic rings.